The van der Waals surface area contributed by atoms with E-state index in [4.69, 9.17) is 5.73 Å². The van der Waals surface area contributed by atoms with Crippen molar-refractivity contribution in [1.29, 1.82) is 0 Å². The highest BCUT2D eigenvalue weighted by atomic mass is 32.1. The van der Waals surface area contributed by atoms with Gasteiger partial charge in [0.1, 0.15) is 5.60 Å². The van der Waals surface area contributed by atoms with Crippen molar-refractivity contribution in [3.05, 3.63) is 35.2 Å². The minimum absolute atomic E-state index is 0.117. The van der Waals surface area contributed by atoms with E-state index < -0.39 is 5.60 Å². The van der Waals surface area contributed by atoms with Crippen molar-refractivity contribution in [3.63, 3.8) is 0 Å². The van der Waals surface area contributed by atoms with Crippen molar-refractivity contribution in [2.45, 2.75) is 31.8 Å². The number of benzene rings is 1. The van der Waals surface area contributed by atoms with Gasteiger partial charge in [0.25, 0.3) is 0 Å². The van der Waals surface area contributed by atoms with E-state index in [-0.39, 0.29) is 5.41 Å². The molecule has 0 amide bonds. The molecule has 3 N–H and O–H groups in total. The number of aliphatic hydroxyl groups is 1. The normalized spacial score (nSPS) is 21.5. The van der Waals surface area contributed by atoms with Gasteiger partial charge >= 0.3 is 0 Å². The zero-order valence-corrected chi connectivity index (χ0v) is 11.5. The molecule has 1 unspecified atom stereocenters. The number of hydrogen-bond donors (Lipinski definition) is 2. The third kappa shape index (κ3) is 1.54. The molecular weight excluding hydrogens is 242 g/mol. The largest absolute Gasteiger partial charge is 0.384 e. The van der Waals surface area contributed by atoms with Crippen molar-refractivity contribution in [2.24, 2.45) is 11.1 Å². The summed E-state index contributed by atoms with van der Waals surface area (Å²) in [5.41, 5.74) is 5.01. The fourth-order valence-corrected chi connectivity index (χ4v) is 4.21. The highest BCUT2D eigenvalue weighted by Crippen LogP contribution is 2.54. The van der Waals surface area contributed by atoms with E-state index in [9.17, 15) is 5.11 Å². The van der Waals surface area contributed by atoms with E-state index in [2.05, 4.69) is 18.2 Å². The van der Waals surface area contributed by atoms with Gasteiger partial charge in [0.05, 0.1) is 0 Å². The van der Waals surface area contributed by atoms with Crippen LogP contribution >= 0.6 is 11.3 Å². The summed E-state index contributed by atoms with van der Waals surface area (Å²) in [6.07, 6.45) is 3.24. The monoisotopic (exact) mass is 261 g/mol. The van der Waals surface area contributed by atoms with Crippen molar-refractivity contribution in [1.82, 2.24) is 0 Å². The van der Waals surface area contributed by atoms with Gasteiger partial charge in [0.15, 0.2) is 0 Å². The Hall–Kier alpha value is -0.900. The molecule has 0 spiro atoms. The van der Waals surface area contributed by atoms with Crippen molar-refractivity contribution in [3.8, 4) is 0 Å². The maximum atomic E-state index is 11.0. The van der Waals surface area contributed by atoms with Crippen LogP contribution in [0.2, 0.25) is 0 Å². The molecule has 1 atom stereocenters. The summed E-state index contributed by atoms with van der Waals surface area (Å²) in [5.74, 6) is 0. The van der Waals surface area contributed by atoms with Gasteiger partial charge in [0, 0.05) is 21.5 Å². The highest BCUT2D eigenvalue weighted by molar-refractivity contribution is 7.19. The molecule has 1 fully saturated rings. The second-order valence-corrected chi connectivity index (χ2v) is 6.64. The smallest absolute Gasteiger partial charge is 0.103 e. The predicted octanol–water partition coefficient (Wildman–Crippen LogP) is 3.24. The van der Waals surface area contributed by atoms with Gasteiger partial charge in [-0.2, -0.15) is 0 Å². The summed E-state index contributed by atoms with van der Waals surface area (Å²) < 4.78 is 1.24. The lowest BCUT2D eigenvalue weighted by atomic mass is 9.59. The molecule has 2 nitrogen and oxygen atoms in total. The topological polar surface area (TPSA) is 46.2 Å². The Balaban J connectivity index is 2.07. The molecule has 1 aromatic heterocycles. The summed E-state index contributed by atoms with van der Waals surface area (Å²) >= 11 is 1.69. The highest BCUT2D eigenvalue weighted by Gasteiger charge is 2.51. The number of thiophene rings is 1. The van der Waals surface area contributed by atoms with Gasteiger partial charge in [-0.3, -0.25) is 0 Å². The summed E-state index contributed by atoms with van der Waals surface area (Å²) in [6.45, 7) is 2.50. The molecule has 0 radical (unpaired) electrons. The fourth-order valence-electron chi connectivity index (χ4n) is 2.98. The number of hydrogen-bond acceptors (Lipinski definition) is 3. The first kappa shape index (κ1) is 12.2. The van der Waals surface area contributed by atoms with E-state index >= 15 is 0 Å². The van der Waals surface area contributed by atoms with Crippen LogP contribution in [0.25, 0.3) is 10.1 Å². The molecule has 1 aliphatic carbocycles. The first-order chi connectivity index (χ1) is 8.59. The zero-order chi connectivity index (χ0) is 12.8. The molecule has 2 aromatic rings. The van der Waals surface area contributed by atoms with Crippen LogP contribution < -0.4 is 5.73 Å². The van der Waals surface area contributed by atoms with Crippen LogP contribution in [0.4, 0.5) is 0 Å². The zero-order valence-electron chi connectivity index (χ0n) is 10.6. The number of fused-ring (bicyclic) bond motifs is 1. The molecule has 1 heterocycles. The van der Waals surface area contributed by atoms with E-state index in [1.54, 1.807) is 11.3 Å². The second-order valence-electron chi connectivity index (χ2n) is 5.56. The Morgan fingerprint density at radius 2 is 2.11 bits per heavy atom. The van der Waals surface area contributed by atoms with Crippen LogP contribution in [-0.2, 0) is 5.60 Å². The molecule has 1 aliphatic rings. The van der Waals surface area contributed by atoms with Crippen molar-refractivity contribution >= 4 is 21.4 Å². The summed E-state index contributed by atoms with van der Waals surface area (Å²) in [4.78, 5) is 1.05. The molecule has 3 heteroatoms. The van der Waals surface area contributed by atoms with Crippen LogP contribution in [-0.4, -0.2) is 11.7 Å². The Kier molecular flexibility index (Phi) is 2.73. The lowest BCUT2D eigenvalue weighted by Crippen LogP contribution is -2.52. The van der Waals surface area contributed by atoms with E-state index in [0.29, 0.717) is 6.54 Å². The molecule has 3 rings (SSSR count). The molecular formula is C15H19NOS. The minimum Gasteiger partial charge on any atom is -0.384 e. The van der Waals surface area contributed by atoms with Crippen LogP contribution in [0.5, 0.6) is 0 Å². The van der Waals surface area contributed by atoms with Crippen molar-refractivity contribution in [2.75, 3.05) is 6.54 Å². The fraction of sp³-hybridized carbons (Fsp3) is 0.467. The molecule has 1 saturated carbocycles. The summed E-state index contributed by atoms with van der Waals surface area (Å²) in [6, 6.07) is 10.4. The molecule has 1 aromatic carbocycles. The first-order valence-electron chi connectivity index (χ1n) is 6.51. The quantitative estimate of drug-likeness (QED) is 0.891. The van der Waals surface area contributed by atoms with E-state index in [1.807, 2.05) is 19.1 Å². The first-order valence-corrected chi connectivity index (χ1v) is 7.32. The van der Waals surface area contributed by atoms with E-state index in [0.717, 1.165) is 17.7 Å². The summed E-state index contributed by atoms with van der Waals surface area (Å²) in [7, 11) is 0. The lowest BCUT2D eigenvalue weighted by molar-refractivity contribution is -0.114. The van der Waals surface area contributed by atoms with Gasteiger partial charge in [-0.15, -0.1) is 11.3 Å². The third-order valence-corrected chi connectivity index (χ3v) is 5.97. The Labute approximate surface area is 111 Å². The van der Waals surface area contributed by atoms with Gasteiger partial charge < -0.3 is 10.8 Å². The van der Waals surface area contributed by atoms with E-state index in [1.165, 1.54) is 16.5 Å². The minimum atomic E-state index is -0.802. The van der Waals surface area contributed by atoms with Gasteiger partial charge in [0.2, 0.25) is 0 Å². The van der Waals surface area contributed by atoms with Crippen LogP contribution in [0, 0.1) is 5.41 Å². The van der Waals surface area contributed by atoms with Crippen LogP contribution in [0.3, 0.4) is 0 Å². The SMILES string of the molecule is CC(O)(c1cc2ccccc2s1)C1(CN)CCC1. The molecule has 0 aliphatic heterocycles. The molecule has 0 bridgehead atoms. The average molecular weight is 261 g/mol. The second kappa shape index (κ2) is 4.05. The Bertz CT molecular complexity index is 530. The number of nitrogens with two attached hydrogens (primary N) is 1. The standard InChI is InChI=1S/C15H19NOS/c1-14(17,15(10-16)7-4-8-15)13-9-11-5-2-3-6-12(11)18-13/h2-3,5-6,9,17H,4,7-8,10,16H2,1H3. The maximum absolute atomic E-state index is 11.0. The number of rotatable bonds is 3. The Morgan fingerprint density at radius 3 is 2.67 bits per heavy atom. The van der Waals surface area contributed by atoms with Gasteiger partial charge in [-0.1, -0.05) is 24.6 Å². The molecule has 18 heavy (non-hydrogen) atoms. The predicted molar refractivity (Wildman–Crippen MR) is 76.7 cm³/mol. The third-order valence-electron chi connectivity index (χ3n) is 4.64. The lowest BCUT2D eigenvalue weighted by Gasteiger charge is -2.50. The summed E-state index contributed by atoms with van der Waals surface area (Å²) in [5, 5.41) is 12.2. The Morgan fingerprint density at radius 1 is 1.39 bits per heavy atom. The van der Waals surface area contributed by atoms with Crippen molar-refractivity contribution < 1.29 is 5.11 Å². The van der Waals surface area contributed by atoms with Crippen LogP contribution in [0.1, 0.15) is 31.1 Å². The molecule has 0 saturated heterocycles. The van der Waals surface area contributed by atoms with Crippen LogP contribution in [0.15, 0.2) is 30.3 Å². The molecule has 96 valence electrons. The van der Waals surface area contributed by atoms with Gasteiger partial charge in [-0.25, -0.2) is 0 Å². The van der Waals surface area contributed by atoms with Gasteiger partial charge in [-0.05, 0) is 37.3 Å². The maximum Gasteiger partial charge on any atom is 0.103 e. The average Bonchev–Trinajstić information content (AvgIpc) is 2.72.